The van der Waals surface area contributed by atoms with Crippen LogP contribution in [0.15, 0.2) is 42.9 Å². The molecule has 29 heavy (non-hydrogen) atoms. The largest absolute Gasteiger partial charge is 0.303 e. The van der Waals surface area contributed by atoms with Crippen LogP contribution in [-0.4, -0.2) is 45.1 Å². The summed E-state index contributed by atoms with van der Waals surface area (Å²) >= 11 is 0. The third-order valence-electron chi connectivity index (χ3n) is 6.04. The van der Waals surface area contributed by atoms with Crippen molar-refractivity contribution in [1.82, 2.24) is 19.7 Å². The van der Waals surface area contributed by atoms with Gasteiger partial charge in [0, 0.05) is 48.4 Å². The molecule has 0 bridgehead atoms. The van der Waals surface area contributed by atoms with Gasteiger partial charge in [-0.3, -0.25) is 14.5 Å². The Balaban J connectivity index is 1.43. The van der Waals surface area contributed by atoms with Gasteiger partial charge >= 0.3 is 0 Å². The van der Waals surface area contributed by atoms with Gasteiger partial charge in [0.05, 0.1) is 6.20 Å². The van der Waals surface area contributed by atoms with Crippen LogP contribution < -0.4 is 0 Å². The van der Waals surface area contributed by atoms with Crippen molar-refractivity contribution in [1.29, 1.82) is 0 Å². The fourth-order valence-corrected chi connectivity index (χ4v) is 4.22. The summed E-state index contributed by atoms with van der Waals surface area (Å²) in [6.45, 7) is 5.50. The van der Waals surface area contributed by atoms with Crippen molar-refractivity contribution in [2.24, 2.45) is 13.0 Å². The molecule has 0 aliphatic carbocycles. The van der Waals surface area contributed by atoms with Crippen LogP contribution in [0.1, 0.15) is 38.3 Å². The van der Waals surface area contributed by atoms with Crippen molar-refractivity contribution in [3.63, 3.8) is 0 Å². The van der Waals surface area contributed by atoms with E-state index in [0.29, 0.717) is 12.2 Å². The molecule has 1 aromatic carbocycles. The van der Waals surface area contributed by atoms with E-state index in [2.05, 4.69) is 46.2 Å². The summed E-state index contributed by atoms with van der Waals surface area (Å²) in [7, 11) is 1.92. The SMILES string of the molecule is CCCCN1CCC(C(=O)Cc2cc3cc(-c4cnn(C)c4)ccc3cn2)CC1. The molecule has 3 heterocycles. The zero-order chi connectivity index (χ0) is 20.2. The topological polar surface area (TPSA) is 51.0 Å². The number of fused-ring (bicyclic) bond motifs is 1. The first-order valence-corrected chi connectivity index (χ1v) is 10.7. The van der Waals surface area contributed by atoms with E-state index in [1.165, 1.54) is 19.4 Å². The number of benzene rings is 1. The predicted molar refractivity (Wildman–Crippen MR) is 117 cm³/mol. The Morgan fingerprint density at radius 1 is 1.10 bits per heavy atom. The average Bonchev–Trinajstić information content (AvgIpc) is 3.18. The summed E-state index contributed by atoms with van der Waals surface area (Å²) in [6.07, 6.45) is 10.7. The number of aromatic nitrogens is 3. The fraction of sp³-hybridized carbons (Fsp3) is 0.458. The third-order valence-corrected chi connectivity index (χ3v) is 6.04. The number of pyridine rings is 1. The lowest BCUT2D eigenvalue weighted by Gasteiger charge is -2.31. The summed E-state index contributed by atoms with van der Waals surface area (Å²) < 4.78 is 1.81. The predicted octanol–water partition coefficient (Wildman–Crippen LogP) is 4.26. The summed E-state index contributed by atoms with van der Waals surface area (Å²) in [5.74, 6) is 0.530. The van der Waals surface area contributed by atoms with E-state index in [4.69, 9.17) is 0 Å². The van der Waals surface area contributed by atoms with Crippen molar-refractivity contribution in [3.8, 4) is 11.1 Å². The molecule has 0 spiro atoms. The molecule has 5 heteroatoms. The molecule has 0 radical (unpaired) electrons. The van der Waals surface area contributed by atoms with Crippen LogP contribution in [0.5, 0.6) is 0 Å². The second-order valence-corrected chi connectivity index (χ2v) is 8.25. The number of nitrogens with zero attached hydrogens (tertiary/aromatic N) is 4. The minimum Gasteiger partial charge on any atom is -0.303 e. The first-order valence-electron chi connectivity index (χ1n) is 10.7. The highest BCUT2D eigenvalue weighted by molar-refractivity contribution is 5.88. The van der Waals surface area contributed by atoms with Gasteiger partial charge in [-0.2, -0.15) is 5.10 Å². The normalized spacial score (nSPS) is 15.8. The summed E-state index contributed by atoms with van der Waals surface area (Å²) in [4.78, 5) is 19.9. The number of carbonyl (C=O) groups is 1. The van der Waals surface area contributed by atoms with Gasteiger partial charge in [0.15, 0.2) is 0 Å². The minimum atomic E-state index is 0.187. The van der Waals surface area contributed by atoms with Crippen molar-refractivity contribution in [2.45, 2.75) is 39.0 Å². The molecule has 0 N–H and O–H groups in total. The second-order valence-electron chi connectivity index (χ2n) is 8.25. The van der Waals surface area contributed by atoms with Crippen molar-refractivity contribution in [2.75, 3.05) is 19.6 Å². The lowest BCUT2D eigenvalue weighted by atomic mass is 9.90. The van der Waals surface area contributed by atoms with Gasteiger partial charge in [-0.25, -0.2) is 0 Å². The maximum Gasteiger partial charge on any atom is 0.142 e. The molecule has 3 aromatic rings. The highest BCUT2D eigenvalue weighted by Gasteiger charge is 2.24. The van der Waals surface area contributed by atoms with Crippen molar-refractivity contribution < 1.29 is 4.79 Å². The van der Waals surface area contributed by atoms with Crippen molar-refractivity contribution >= 4 is 16.6 Å². The van der Waals surface area contributed by atoms with Crippen LogP contribution in [0, 0.1) is 5.92 Å². The number of aryl methyl sites for hydroxylation is 1. The molecular weight excluding hydrogens is 360 g/mol. The molecule has 2 aromatic heterocycles. The number of Topliss-reactive ketones (excluding diaryl/α,β-unsaturated/α-hetero) is 1. The Hall–Kier alpha value is -2.53. The zero-order valence-electron chi connectivity index (χ0n) is 17.5. The van der Waals surface area contributed by atoms with Gasteiger partial charge in [-0.15, -0.1) is 0 Å². The van der Waals surface area contributed by atoms with Crippen LogP contribution in [0.4, 0.5) is 0 Å². The summed E-state index contributed by atoms with van der Waals surface area (Å²) in [5, 5.41) is 6.48. The molecule has 0 amide bonds. The maximum atomic E-state index is 12.8. The van der Waals surface area contributed by atoms with E-state index in [1.807, 2.05) is 30.3 Å². The van der Waals surface area contributed by atoms with Crippen LogP contribution in [0.25, 0.3) is 21.9 Å². The van der Waals surface area contributed by atoms with E-state index in [9.17, 15) is 4.79 Å². The minimum absolute atomic E-state index is 0.187. The quantitative estimate of drug-likeness (QED) is 0.605. The molecule has 1 fully saturated rings. The van der Waals surface area contributed by atoms with Crippen molar-refractivity contribution in [3.05, 3.63) is 48.5 Å². The number of piperidine rings is 1. The molecule has 4 rings (SSSR count). The van der Waals surface area contributed by atoms with Gasteiger partial charge in [0.25, 0.3) is 0 Å². The molecule has 0 atom stereocenters. The van der Waals surface area contributed by atoms with Gasteiger partial charge in [0.1, 0.15) is 5.78 Å². The standard InChI is InChI=1S/C24H30N4O/c1-3-4-9-28-10-7-18(8-11-28)24(29)14-23-13-21-12-19(5-6-20(21)15-25-23)22-16-26-27(2)17-22/h5-6,12-13,15-18H,3-4,7-11,14H2,1-2H3. The molecule has 1 saturated heterocycles. The molecule has 0 unspecified atom stereocenters. The lowest BCUT2D eigenvalue weighted by molar-refractivity contribution is -0.123. The average molecular weight is 391 g/mol. The summed E-state index contributed by atoms with van der Waals surface area (Å²) in [6, 6.07) is 8.41. The van der Waals surface area contributed by atoms with Crippen LogP contribution in [-0.2, 0) is 18.3 Å². The number of carbonyl (C=O) groups excluding carboxylic acids is 1. The molecule has 1 aliphatic heterocycles. The lowest BCUT2D eigenvalue weighted by Crippen LogP contribution is -2.37. The Labute approximate surface area is 172 Å². The number of ketones is 1. The number of unbranched alkanes of at least 4 members (excludes halogenated alkanes) is 1. The van der Waals surface area contributed by atoms with E-state index in [-0.39, 0.29) is 5.92 Å². The van der Waals surface area contributed by atoms with Crippen LogP contribution in [0.2, 0.25) is 0 Å². The Morgan fingerprint density at radius 3 is 2.66 bits per heavy atom. The number of hydrogen-bond donors (Lipinski definition) is 0. The highest BCUT2D eigenvalue weighted by Crippen LogP contribution is 2.25. The van der Waals surface area contributed by atoms with E-state index in [0.717, 1.165) is 53.5 Å². The van der Waals surface area contributed by atoms with E-state index < -0.39 is 0 Å². The summed E-state index contributed by atoms with van der Waals surface area (Å²) in [5.41, 5.74) is 3.10. The van der Waals surface area contributed by atoms with E-state index >= 15 is 0 Å². The fourth-order valence-electron chi connectivity index (χ4n) is 4.22. The highest BCUT2D eigenvalue weighted by atomic mass is 16.1. The van der Waals surface area contributed by atoms with Gasteiger partial charge in [-0.1, -0.05) is 25.5 Å². The monoisotopic (exact) mass is 390 g/mol. The Bertz CT molecular complexity index is 985. The maximum absolute atomic E-state index is 12.8. The smallest absolute Gasteiger partial charge is 0.142 e. The van der Waals surface area contributed by atoms with Gasteiger partial charge < -0.3 is 4.90 Å². The van der Waals surface area contributed by atoms with Crippen LogP contribution >= 0.6 is 0 Å². The molecule has 5 nitrogen and oxygen atoms in total. The third kappa shape index (κ3) is 4.73. The molecule has 1 aliphatic rings. The van der Waals surface area contributed by atoms with Crippen LogP contribution in [0.3, 0.4) is 0 Å². The number of likely N-dealkylation sites (tertiary alicyclic amines) is 1. The molecule has 152 valence electrons. The second kappa shape index (κ2) is 8.87. The number of rotatable bonds is 7. The zero-order valence-corrected chi connectivity index (χ0v) is 17.5. The first-order chi connectivity index (χ1) is 14.1. The van der Waals surface area contributed by atoms with Gasteiger partial charge in [0.2, 0.25) is 0 Å². The molecular formula is C24H30N4O. The van der Waals surface area contributed by atoms with E-state index in [1.54, 1.807) is 0 Å². The van der Waals surface area contributed by atoms with Gasteiger partial charge in [-0.05, 0) is 62.0 Å². The number of hydrogen-bond acceptors (Lipinski definition) is 4. The first kappa shape index (κ1) is 19.8. The Morgan fingerprint density at radius 2 is 1.93 bits per heavy atom. The Kier molecular flexibility index (Phi) is 6.05. The molecule has 0 saturated carbocycles.